The lowest BCUT2D eigenvalue weighted by atomic mass is 10.1. The number of fused-ring (bicyclic) bond motifs is 1. The van der Waals surface area contributed by atoms with Crippen molar-refractivity contribution >= 4 is 17.0 Å². The van der Waals surface area contributed by atoms with Crippen LogP contribution in [0.4, 0.5) is 0 Å². The number of aromatic hydroxyl groups is 1. The van der Waals surface area contributed by atoms with Gasteiger partial charge in [-0.05, 0) is 24.6 Å². The highest BCUT2D eigenvalue weighted by Crippen LogP contribution is 2.24. The van der Waals surface area contributed by atoms with Gasteiger partial charge in [0.2, 0.25) is 0 Å². The number of phenols is 1. The smallest absolute Gasteiger partial charge is 0.141 e. The van der Waals surface area contributed by atoms with Crippen LogP contribution < -0.4 is 0 Å². The zero-order valence-electron chi connectivity index (χ0n) is 7.99. The lowest BCUT2D eigenvalue weighted by Gasteiger charge is -2.04. The van der Waals surface area contributed by atoms with Crippen molar-refractivity contribution in [3.8, 4) is 5.75 Å². The van der Waals surface area contributed by atoms with E-state index >= 15 is 0 Å². The second-order valence-electron chi connectivity index (χ2n) is 3.22. The van der Waals surface area contributed by atoms with Crippen molar-refractivity contribution in [1.29, 1.82) is 0 Å². The van der Waals surface area contributed by atoms with Crippen LogP contribution >= 0.6 is 0 Å². The summed E-state index contributed by atoms with van der Waals surface area (Å²) in [5, 5.41) is 10.5. The Hall–Kier alpha value is -1.83. The number of nitrogens with zero attached hydrogens (tertiary/aromatic N) is 1. The molecule has 0 bridgehead atoms. The minimum atomic E-state index is 0.223. The maximum Gasteiger partial charge on any atom is 0.141 e. The summed E-state index contributed by atoms with van der Waals surface area (Å²) in [5.41, 5.74) is 2.53. The van der Waals surface area contributed by atoms with Gasteiger partial charge in [0.15, 0.2) is 0 Å². The first-order valence-electron chi connectivity index (χ1n) is 4.44. The molecule has 0 radical (unpaired) electrons. The van der Waals surface area contributed by atoms with E-state index in [9.17, 15) is 5.11 Å². The Balaban J connectivity index is 2.85. The molecule has 70 valence electrons. The summed E-state index contributed by atoms with van der Waals surface area (Å²) in [5.74, 6) is 0.223. The van der Waals surface area contributed by atoms with Gasteiger partial charge in [-0.15, -0.1) is 0 Å². The molecule has 0 atom stereocenters. The first-order valence-corrected chi connectivity index (χ1v) is 4.44. The Morgan fingerprint density at radius 2 is 2.21 bits per heavy atom. The molecule has 0 unspecified atom stereocenters. The molecule has 2 nitrogen and oxygen atoms in total. The molecule has 0 aliphatic rings. The summed E-state index contributed by atoms with van der Waals surface area (Å²) >= 11 is 0. The normalized spacial score (nSPS) is 10.4. The van der Waals surface area contributed by atoms with Crippen molar-refractivity contribution in [2.45, 2.75) is 6.92 Å². The van der Waals surface area contributed by atoms with Crippen molar-refractivity contribution in [1.82, 2.24) is 4.98 Å². The molecule has 1 aromatic carbocycles. The minimum Gasteiger partial charge on any atom is -0.506 e. The van der Waals surface area contributed by atoms with Crippen molar-refractivity contribution in [3.63, 3.8) is 0 Å². The molecule has 1 N–H and O–H groups in total. The van der Waals surface area contributed by atoms with Crippen molar-refractivity contribution < 1.29 is 5.11 Å². The van der Waals surface area contributed by atoms with Gasteiger partial charge in [-0.2, -0.15) is 0 Å². The number of para-hydroxylation sites is 1. The van der Waals surface area contributed by atoms with E-state index in [0.717, 1.165) is 16.6 Å². The van der Waals surface area contributed by atoms with Crippen LogP contribution in [0.1, 0.15) is 11.3 Å². The summed E-state index contributed by atoms with van der Waals surface area (Å²) < 4.78 is 0. The maximum atomic E-state index is 9.57. The SMILES string of the molecule is C=Cc1cc2cccc(O)c2nc1C. The zero-order valence-corrected chi connectivity index (χ0v) is 7.99. The predicted molar refractivity (Wildman–Crippen MR) is 58.2 cm³/mol. The van der Waals surface area contributed by atoms with Gasteiger partial charge in [-0.1, -0.05) is 24.8 Å². The molecule has 1 heterocycles. The minimum absolute atomic E-state index is 0.223. The molecule has 0 saturated carbocycles. The van der Waals surface area contributed by atoms with Crippen molar-refractivity contribution in [2.24, 2.45) is 0 Å². The molecule has 2 heteroatoms. The molecule has 14 heavy (non-hydrogen) atoms. The van der Waals surface area contributed by atoms with Gasteiger partial charge in [-0.25, -0.2) is 4.98 Å². The van der Waals surface area contributed by atoms with Gasteiger partial charge < -0.3 is 5.11 Å². The molecule has 0 aliphatic heterocycles. The molecule has 0 fully saturated rings. The van der Waals surface area contributed by atoms with Gasteiger partial charge in [0.25, 0.3) is 0 Å². The Morgan fingerprint density at radius 3 is 2.93 bits per heavy atom. The van der Waals surface area contributed by atoms with E-state index in [1.54, 1.807) is 12.1 Å². The Kier molecular flexibility index (Phi) is 1.97. The summed E-state index contributed by atoms with van der Waals surface area (Å²) in [6, 6.07) is 7.35. The highest BCUT2D eigenvalue weighted by atomic mass is 16.3. The average molecular weight is 185 g/mol. The highest BCUT2D eigenvalue weighted by molar-refractivity contribution is 5.86. The predicted octanol–water partition coefficient (Wildman–Crippen LogP) is 2.89. The second-order valence-corrected chi connectivity index (χ2v) is 3.22. The topological polar surface area (TPSA) is 33.1 Å². The van der Waals surface area contributed by atoms with Crippen LogP contribution in [0.2, 0.25) is 0 Å². The molecular formula is C12H11NO. The van der Waals surface area contributed by atoms with Gasteiger partial charge in [-0.3, -0.25) is 0 Å². The number of aryl methyl sites for hydroxylation is 1. The summed E-state index contributed by atoms with van der Waals surface area (Å²) in [6.07, 6.45) is 1.77. The van der Waals surface area contributed by atoms with E-state index in [0.29, 0.717) is 5.52 Å². The van der Waals surface area contributed by atoms with E-state index in [1.165, 1.54) is 0 Å². The number of aromatic nitrogens is 1. The van der Waals surface area contributed by atoms with E-state index in [2.05, 4.69) is 11.6 Å². The molecule has 1 aromatic heterocycles. The number of rotatable bonds is 1. The van der Waals surface area contributed by atoms with Crippen molar-refractivity contribution in [3.05, 3.63) is 42.1 Å². The van der Waals surface area contributed by atoms with E-state index in [4.69, 9.17) is 0 Å². The number of hydrogen-bond acceptors (Lipinski definition) is 2. The summed E-state index contributed by atoms with van der Waals surface area (Å²) in [4.78, 5) is 4.32. The van der Waals surface area contributed by atoms with Gasteiger partial charge in [0.1, 0.15) is 11.3 Å². The van der Waals surface area contributed by atoms with E-state index in [-0.39, 0.29) is 5.75 Å². The van der Waals surface area contributed by atoms with E-state index < -0.39 is 0 Å². The van der Waals surface area contributed by atoms with Gasteiger partial charge in [0.05, 0.1) is 0 Å². The van der Waals surface area contributed by atoms with Crippen LogP contribution in [-0.2, 0) is 0 Å². The lowest BCUT2D eigenvalue weighted by molar-refractivity contribution is 0.480. The lowest BCUT2D eigenvalue weighted by Crippen LogP contribution is -1.88. The fraction of sp³-hybridized carbons (Fsp3) is 0.0833. The van der Waals surface area contributed by atoms with Crippen LogP contribution in [0.5, 0.6) is 5.75 Å². The molecule has 0 spiro atoms. The van der Waals surface area contributed by atoms with Gasteiger partial charge >= 0.3 is 0 Å². The highest BCUT2D eigenvalue weighted by Gasteiger charge is 2.03. The summed E-state index contributed by atoms with van der Waals surface area (Å²) in [6.45, 7) is 5.62. The maximum absolute atomic E-state index is 9.57. The molecular weight excluding hydrogens is 174 g/mol. The van der Waals surface area contributed by atoms with Crippen molar-refractivity contribution in [2.75, 3.05) is 0 Å². The van der Waals surface area contributed by atoms with Crippen LogP contribution in [0.3, 0.4) is 0 Å². The number of pyridine rings is 1. The monoisotopic (exact) mass is 185 g/mol. The Morgan fingerprint density at radius 1 is 1.43 bits per heavy atom. The fourth-order valence-corrected chi connectivity index (χ4v) is 1.50. The average Bonchev–Trinajstić information content (AvgIpc) is 2.19. The molecule has 0 saturated heterocycles. The third-order valence-corrected chi connectivity index (χ3v) is 2.27. The van der Waals surface area contributed by atoms with Gasteiger partial charge in [0, 0.05) is 11.1 Å². The third-order valence-electron chi connectivity index (χ3n) is 2.27. The standard InChI is InChI=1S/C12H11NO/c1-3-9-7-10-5-4-6-11(14)12(10)13-8(9)2/h3-7,14H,1H2,2H3. The van der Waals surface area contributed by atoms with Crippen LogP contribution in [0.25, 0.3) is 17.0 Å². The number of hydrogen-bond donors (Lipinski definition) is 1. The van der Waals surface area contributed by atoms with E-state index in [1.807, 2.05) is 25.1 Å². The number of benzene rings is 1. The molecule has 2 rings (SSSR count). The molecule has 2 aromatic rings. The summed E-state index contributed by atoms with van der Waals surface area (Å²) in [7, 11) is 0. The van der Waals surface area contributed by atoms with Crippen LogP contribution in [-0.4, -0.2) is 10.1 Å². The largest absolute Gasteiger partial charge is 0.506 e. The molecule has 0 amide bonds. The second kappa shape index (κ2) is 3.14. The van der Waals surface area contributed by atoms with Crippen LogP contribution in [0.15, 0.2) is 30.8 Å². The first-order chi connectivity index (χ1) is 6.72. The molecule has 0 aliphatic carbocycles. The Bertz CT molecular complexity index is 503. The third kappa shape index (κ3) is 1.25. The number of phenolic OH excluding ortho intramolecular Hbond substituents is 1. The zero-order chi connectivity index (χ0) is 10.1. The van der Waals surface area contributed by atoms with Crippen LogP contribution in [0, 0.1) is 6.92 Å². The first kappa shape index (κ1) is 8.75. The quantitative estimate of drug-likeness (QED) is 0.741. The fourth-order valence-electron chi connectivity index (χ4n) is 1.50. The Labute approximate surface area is 82.5 Å².